The maximum Gasteiger partial charge on any atom is 0.237 e. The van der Waals surface area contributed by atoms with Gasteiger partial charge < -0.3 is 16.8 Å². The van der Waals surface area contributed by atoms with Crippen molar-refractivity contribution in [1.29, 1.82) is 0 Å². The van der Waals surface area contributed by atoms with E-state index in [0.717, 1.165) is 5.56 Å². The number of hydrogen-bond acceptors (Lipinski definition) is 3. The Morgan fingerprint density at radius 1 is 1.40 bits per heavy atom. The summed E-state index contributed by atoms with van der Waals surface area (Å²) in [4.78, 5) is 11.4. The largest absolute Gasteiger partial charge is 0.399 e. The second kappa shape index (κ2) is 5.36. The molecule has 5 N–H and O–H groups in total. The Balaban J connectivity index is 2.54. The summed E-state index contributed by atoms with van der Waals surface area (Å²) in [6, 6.07) is 6.89. The van der Waals surface area contributed by atoms with Crippen LogP contribution in [-0.4, -0.2) is 18.5 Å². The summed E-state index contributed by atoms with van der Waals surface area (Å²) in [5, 5.41) is 2.69. The minimum Gasteiger partial charge on any atom is -0.399 e. The van der Waals surface area contributed by atoms with Crippen LogP contribution in [0.2, 0.25) is 0 Å². The molecule has 1 rings (SSSR count). The van der Waals surface area contributed by atoms with Crippen LogP contribution in [0.3, 0.4) is 0 Å². The van der Waals surface area contributed by atoms with Gasteiger partial charge in [0.1, 0.15) is 0 Å². The first-order valence-corrected chi connectivity index (χ1v) is 5.01. The van der Waals surface area contributed by atoms with Crippen molar-refractivity contribution < 1.29 is 4.79 Å². The first-order chi connectivity index (χ1) is 7.13. The van der Waals surface area contributed by atoms with Crippen LogP contribution >= 0.6 is 0 Å². The molecular formula is C11H17N3O. The Morgan fingerprint density at radius 3 is 2.53 bits per heavy atom. The second-order valence-electron chi connectivity index (χ2n) is 3.45. The van der Waals surface area contributed by atoms with Crippen LogP contribution in [-0.2, 0) is 11.2 Å². The normalized spacial score (nSPS) is 12.1. The number of carbonyl (C=O) groups is 1. The van der Waals surface area contributed by atoms with Crippen molar-refractivity contribution in [3.63, 3.8) is 0 Å². The van der Waals surface area contributed by atoms with E-state index in [4.69, 9.17) is 11.5 Å². The molecule has 4 nitrogen and oxygen atoms in total. The third-order valence-corrected chi connectivity index (χ3v) is 2.12. The van der Waals surface area contributed by atoms with Gasteiger partial charge in [0.15, 0.2) is 0 Å². The molecule has 1 aromatic rings. The minimum atomic E-state index is -0.492. The van der Waals surface area contributed by atoms with Crippen molar-refractivity contribution in [2.75, 3.05) is 12.3 Å². The number of benzene rings is 1. The summed E-state index contributed by atoms with van der Waals surface area (Å²) in [5.74, 6) is -0.116. The number of anilines is 1. The summed E-state index contributed by atoms with van der Waals surface area (Å²) in [5.41, 5.74) is 13.0. The molecule has 0 saturated carbocycles. The molecule has 0 radical (unpaired) electrons. The topological polar surface area (TPSA) is 81.1 Å². The summed E-state index contributed by atoms with van der Waals surface area (Å²) >= 11 is 0. The number of nitrogens with two attached hydrogens (primary N) is 2. The lowest BCUT2D eigenvalue weighted by Crippen LogP contribution is -2.41. The quantitative estimate of drug-likeness (QED) is 0.620. The summed E-state index contributed by atoms with van der Waals surface area (Å²) in [7, 11) is 0. The number of likely N-dealkylation sites (N-methyl/N-ethyl adjacent to an activating group) is 1. The smallest absolute Gasteiger partial charge is 0.237 e. The van der Waals surface area contributed by atoms with Crippen molar-refractivity contribution in [2.45, 2.75) is 19.4 Å². The highest BCUT2D eigenvalue weighted by Gasteiger charge is 2.12. The van der Waals surface area contributed by atoms with Crippen LogP contribution in [0.1, 0.15) is 12.5 Å². The molecule has 15 heavy (non-hydrogen) atoms. The van der Waals surface area contributed by atoms with Crippen LogP contribution in [0.4, 0.5) is 5.69 Å². The maximum atomic E-state index is 11.4. The van der Waals surface area contributed by atoms with E-state index >= 15 is 0 Å². The maximum absolute atomic E-state index is 11.4. The van der Waals surface area contributed by atoms with Crippen LogP contribution in [0.15, 0.2) is 24.3 Å². The van der Waals surface area contributed by atoms with Crippen LogP contribution < -0.4 is 16.8 Å². The number of amides is 1. The molecule has 1 amide bonds. The molecule has 0 aliphatic carbocycles. The molecule has 0 bridgehead atoms. The van der Waals surface area contributed by atoms with Gasteiger partial charge in [-0.3, -0.25) is 4.79 Å². The lowest BCUT2D eigenvalue weighted by Gasteiger charge is -2.11. The van der Waals surface area contributed by atoms with Crippen molar-refractivity contribution >= 4 is 11.6 Å². The summed E-state index contributed by atoms with van der Waals surface area (Å²) < 4.78 is 0. The SMILES string of the molecule is CCNC(=O)C(N)Cc1ccc(N)cc1. The van der Waals surface area contributed by atoms with Crippen LogP contribution in [0.25, 0.3) is 0 Å². The van der Waals surface area contributed by atoms with Gasteiger partial charge in [0.25, 0.3) is 0 Å². The highest BCUT2D eigenvalue weighted by molar-refractivity contribution is 5.81. The van der Waals surface area contributed by atoms with E-state index < -0.39 is 6.04 Å². The van der Waals surface area contributed by atoms with Gasteiger partial charge in [-0.25, -0.2) is 0 Å². The molecule has 0 heterocycles. The molecule has 82 valence electrons. The zero-order chi connectivity index (χ0) is 11.3. The van der Waals surface area contributed by atoms with Gasteiger partial charge >= 0.3 is 0 Å². The standard InChI is InChI=1S/C11H17N3O/c1-2-14-11(15)10(13)7-8-3-5-9(12)6-4-8/h3-6,10H,2,7,12-13H2,1H3,(H,14,15). The monoisotopic (exact) mass is 207 g/mol. The molecule has 1 unspecified atom stereocenters. The Bertz CT molecular complexity index is 321. The Kier molecular flexibility index (Phi) is 4.12. The Labute approximate surface area is 89.6 Å². The van der Waals surface area contributed by atoms with Gasteiger partial charge in [-0.15, -0.1) is 0 Å². The highest BCUT2D eigenvalue weighted by Crippen LogP contribution is 2.07. The van der Waals surface area contributed by atoms with E-state index in [1.807, 2.05) is 19.1 Å². The van der Waals surface area contributed by atoms with Gasteiger partial charge in [-0.05, 0) is 31.0 Å². The number of hydrogen-bond donors (Lipinski definition) is 3. The lowest BCUT2D eigenvalue weighted by molar-refractivity contribution is -0.122. The highest BCUT2D eigenvalue weighted by atomic mass is 16.2. The lowest BCUT2D eigenvalue weighted by atomic mass is 10.1. The van der Waals surface area contributed by atoms with E-state index in [1.54, 1.807) is 12.1 Å². The Hall–Kier alpha value is -1.55. The zero-order valence-corrected chi connectivity index (χ0v) is 8.86. The molecule has 4 heteroatoms. The van der Waals surface area contributed by atoms with E-state index in [9.17, 15) is 4.79 Å². The molecule has 1 atom stereocenters. The average Bonchev–Trinajstić information content (AvgIpc) is 2.22. The number of nitrogen functional groups attached to an aromatic ring is 1. The second-order valence-corrected chi connectivity index (χ2v) is 3.45. The van der Waals surface area contributed by atoms with E-state index in [1.165, 1.54) is 0 Å². The van der Waals surface area contributed by atoms with Crippen molar-refractivity contribution in [3.8, 4) is 0 Å². The van der Waals surface area contributed by atoms with Crippen molar-refractivity contribution in [3.05, 3.63) is 29.8 Å². The van der Waals surface area contributed by atoms with Gasteiger partial charge in [-0.2, -0.15) is 0 Å². The molecule has 0 spiro atoms. The van der Waals surface area contributed by atoms with E-state index in [-0.39, 0.29) is 5.91 Å². The van der Waals surface area contributed by atoms with Crippen LogP contribution in [0.5, 0.6) is 0 Å². The molecule has 0 aliphatic heterocycles. The predicted molar refractivity (Wildman–Crippen MR) is 61.2 cm³/mol. The minimum absolute atomic E-state index is 0.116. The fourth-order valence-electron chi connectivity index (χ4n) is 1.31. The van der Waals surface area contributed by atoms with Gasteiger partial charge in [0.2, 0.25) is 5.91 Å². The molecule has 0 fully saturated rings. The van der Waals surface area contributed by atoms with Crippen molar-refractivity contribution in [1.82, 2.24) is 5.32 Å². The number of nitrogens with one attached hydrogen (secondary N) is 1. The average molecular weight is 207 g/mol. The molecular weight excluding hydrogens is 190 g/mol. The fraction of sp³-hybridized carbons (Fsp3) is 0.364. The van der Waals surface area contributed by atoms with Gasteiger partial charge in [0.05, 0.1) is 6.04 Å². The fourth-order valence-corrected chi connectivity index (χ4v) is 1.31. The van der Waals surface area contributed by atoms with Crippen LogP contribution in [0, 0.1) is 0 Å². The summed E-state index contributed by atoms with van der Waals surface area (Å²) in [6.45, 7) is 2.47. The third kappa shape index (κ3) is 3.59. The molecule has 0 aromatic heterocycles. The van der Waals surface area contributed by atoms with E-state index in [2.05, 4.69) is 5.32 Å². The number of carbonyl (C=O) groups excluding carboxylic acids is 1. The molecule has 0 saturated heterocycles. The van der Waals surface area contributed by atoms with Gasteiger partial charge in [0, 0.05) is 12.2 Å². The molecule has 0 aliphatic rings. The summed E-state index contributed by atoms with van der Waals surface area (Å²) in [6.07, 6.45) is 0.534. The van der Waals surface area contributed by atoms with E-state index in [0.29, 0.717) is 18.7 Å². The first-order valence-electron chi connectivity index (χ1n) is 5.01. The number of rotatable bonds is 4. The zero-order valence-electron chi connectivity index (χ0n) is 8.86. The Morgan fingerprint density at radius 2 is 2.00 bits per heavy atom. The predicted octanol–water partition coefficient (Wildman–Crippen LogP) is 0.275. The van der Waals surface area contributed by atoms with Crippen molar-refractivity contribution in [2.24, 2.45) is 5.73 Å². The molecule has 1 aromatic carbocycles. The first kappa shape index (κ1) is 11.5. The third-order valence-electron chi connectivity index (χ3n) is 2.12. The van der Waals surface area contributed by atoms with Gasteiger partial charge in [-0.1, -0.05) is 12.1 Å².